The van der Waals surface area contributed by atoms with E-state index in [9.17, 15) is 0 Å². The van der Waals surface area contributed by atoms with Crippen molar-refractivity contribution in [1.82, 2.24) is 9.97 Å². The zero-order valence-corrected chi connectivity index (χ0v) is 8.21. The fraction of sp³-hybridized carbons (Fsp3) is 0.700. The number of aromatic nitrogens is 2. The third-order valence-electron chi connectivity index (χ3n) is 2.05. The van der Waals surface area contributed by atoms with Gasteiger partial charge in [-0.15, -0.1) is 0 Å². The predicted octanol–water partition coefficient (Wildman–Crippen LogP) is 1.68. The second-order valence-corrected chi connectivity index (χ2v) is 3.29. The molecule has 0 amide bonds. The lowest BCUT2D eigenvalue weighted by molar-refractivity contribution is 0.288. The van der Waals surface area contributed by atoms with E-state index in [4.69, 9.17) is 5.11 Å². The van der Waals surface area contributed by atoms with Gasteiger partial charge in [-0.1, -0.05) is 13.3 Å². The second-order valence-electron chi connectivity index (χ2n) is 3.29. The van der Waals surface area contributed by atoms with Crippen molar-refractivity contribution >= 4 is 0 Å². The van der Waals surface area contributed by atoms with Crippen LogP contribution in [0.4, 0.5) is 0 Å². The molecule has 0 aliphatic carbocycles. The molecule has 0 bridgehead atoms. The first-order chi connectivity index (χ1) is 6.36. The molecule has 0 aliphatic rings. The van der Waals surface area contributed by atoms with Crippen LogP contribution in [-0.2, 0) is 12.8 Å². The van der Waals surface area contributed by atoms with Crippen LogP contribution in [0.5, 0.6) is 0 Å². The predicted molar refractivity (Wildman–Crippen MR) is 52.6 cm³/mol. The molecule has 74 valence electrons. The minimum atomic E-state index is 0.253. The SMILES string of the molecule is CCCCc1ncc(CCCO)[nH]1. The highest BCUT2D eigenvalue weighted by molar-refractivity contribution is 5.01. The first kappa shape index (κ1) is 10.3. The summed E-state index contributed by atoms with van der Waals surface area (Å²) in [5.74, 6) is 1.08. The number of aromatic amines is 1. The van der Waals surface area contributed by atoms with E-state index >= 15 is 0 Å². The second kappa shape index (κ2) is 5.75. The standard InChI is InChI=1S/C10H18N2O/c1-2-3-6-10-11-8-9(12-10)5-4-7-13/h8,13H,2-7H2,1H3,(H,11,12). The Bertz CT molecular complexity index is 210. The van der Waals surface area contributed by atoms with Crippen molar-refractivity contribution in [3.8, 4) is 0 Å². The Morgan fingerprint density at radius 1 is 1.38 bits per heavy atom. The zero-order chi connectivity index (χ0) is 9.52. The highest BCUT2D eigenvalue weighted by Gasteiger charge is 1.99. The lowest BCUT2D eigenvalue weighted by atomic mass is 10.2. The molecule has 3 heteroatoms. The first-order valence-electron chi connectivity index (χ1n) is 5.00. The summed E-state index contributed by atoms with van der Waals surface area (Å²) < 4.78 is 0. The number of rotatable bonds is 6. The number of nitrogens with one attached hydrogen (secondary N) is 1. The van der Waals surface area contributed by atoms with Gasteiger partial charge in [0.05, 0.1) is 0 Å². The van der Waals surface area contributed by atoms with Crippen LogP contribution in [0.15, 0.2) is 6.20 Å². The van der Waals surface area contributed by atoms with E-state index in [0.717, 1.165) is 30.8 Å². The summed E-state index contributed by atoms with van der Waals surface area (Å²) in [6.45, 7) is 2.43. The Labute approximate surface area is 79.2 Å². The van der Waals surface area contributed by atoms with Gasteiger partial charge in [-0.2, -0.15) is 0 Å². The molecule has 0 radical (unpaired) electrons. The van der Waals surface area contributed by atoms with Crippen LogP contribution >= 0.6 is 0 Å². The van der Waals surface area contributed by atoms with E-state index in [1.807, 2.05) is 6.20 Å². The van der Waals surface area contributed by atoms with E-state index in [2.05, 4.69) is 16.9 Å². The quantitative estimate of drug-likeness (QED) is 0.703. The van der Waals surface area contributed by atoms with Crippen molar-refractivity contribution in [2.24, 2.45) is 0 Å². The summed E-state index contributed by atoms with van der Waals surface area (Å²) in [4.78, 5) is 7.53. The van der Waals surface area contributed by atoms with Crippen molar-refractivity contribution in [3.63, 3.8) is 0 Å². The van der Waals surface area contributed by atoms with Crippen LogP contribution in [0.1, 0.15) is 37.7 Å². The summed E-state index contributed by atoms with van der Waals surface area (Å²) in [5, 5.41) is 8.64. The monoisotopic (exact) mass is 182 g/mol. The minimum Gasteiger partial charge on any atom is -0.396 e. The molecule has 0 spiro atoms. The molecule has 0 aliphatic heterocycles. The van der Waals surface area contributed by atoms with E-state index < -0.39 is 0 Å². The maximum absolute atomic E-state index is 8.64. The Balaban J connectivity index is 2.34. The molecule has 1 heterocycles. The highest BCUT2D eigenvalue weighted by Crippen LogP contribution is 2.03. The van der Waals surface area contributed by atoms with Gasteiger partial charge < -0.3 is 10.1 Å². The van der Waals surface area contributed by atoms with Gasteiger partial charge in [0.1, 0.15) is 5.82 Å². The van der Waals surface area contributed by atoms with Crippen LogP contribution in [0, 0.1) is 0 Å². The summed E-state index contributed by atoms with van der Waals surface area (Å²) >= 11 is 0. The van der Waals surface area contributed by atoms with Gasteiger partial charge in [-0.05, 0) is 19.3 Å². The molecule has 1 aromatic heterocycles. The molecular weight excluding hydrogens is 164 g/mol. The van der Waals surface area contributed by atoms with Gasteiger partial charge in [0.2, 0.25) is 0 Å². The van der Waals surface area contributed by atoms with Crippen LogP contribution in [0.25, 0.3) is 0 Å². The highest BCUT2D eigenvalue weighted by atomic mass is 16.2. The van der Waals surface area contributed by atoms with Crippen LogP contribution in [0.2, 0.25) is 0 Å². The van der Waals surface area contributed by atoms with E-state index in [1.54, 1.807) is 0 Å². The van der Waals surface area contributed by atoms with Crippen molar-refractivity contribution < 1.29 is 5.11 Å². The minimum absolute atomic E-state index is 0.253. The van der Waals surface area contributed by atoms with E-state index in [1.165, 1.54) is 12.8 Å². The van der Waals surface area contributed by atoms with Gasteiger partial charge in [-0.3, -0.25) is 0 Å². The number of aryl methyl sites for hydroxylation is 2. The first-order valence-corrected chi connectivity index (χ1v) is 5.00. The Morgan fingerprint density at radius 3 is 2.92 bits per heavy atom. The van der Waals surface area contributed by atoms with Crippen LogP contribution < -0.4 is 0 Å². The third-order valence-corrected chi connectivity index (χ3v) is 2.05. The Morgan fingerprint density at radius 2 is 2.23 bits per heavy atom. The number of unbranched alkanes of at least 4 members (excludes halogenated alkanes) is 1. The molecule has 0 saturated heterocycles. The fourth-order valence-corrected chi connectivity index (χ4v) is 1.27. The lowest BCUT2D eigenvalue weighted by Crippen LogP contribution is -1.91. The molecule has 1 rings (SSSR count). The molecule has 0 saturated carbocycles. The molecule has 0 aromatic carbocycles. The number of hydrogen-bond donors (Lipinski definition) is 2. The maximum atomic E-state index is 8.64. The average Bonchev–Trinajstić information content (AvgIpc) is 2.59. The van der Waals surface area contributed by atoms with Crippen molar-refractivity contribution in [3.05, 3.63) is 17.7 Å². The number of aliphatic hydroxyl groups is 1. The molecule has 3 nitrogen and oxygen atoms in total. The number of hydrogen-bond acceptors (Lipinski definition) is 2. The Hall–Kier alpha value is -0.830. The molecule has 13 heavy (non-hydrogen) atoms. The summed E-state index contributed by atoms with van der Waals surface area (Å²) in [6, 6.07) is 0. The van der Waals surface area contributed by atoms with Crippen LogP contribution in [-0.4, -0.2) is 21.7 Å². The number of H-pyrrole nitrogens is 1. The van der Waals surface area contributed by atoms with Gasteiger partial charge in [0.25, 0.3) is 0 Å². The molecule has 0 fully saturated rings. The largest absolute Gasteiger partial charge is 0.396 e. The van der Waals surface area contributed by atoms with Gasteiger partial charge in [-0.25, -0.2) is 4.98 Å². The fourth-order valence-electron chi connectivity index (χ4n) is 1.27. The summed E-state index contributed by atoms with van der Waals surface area (Å²) in [5.41, 5.74) is 1.14. The van der Waals surface area contributed by atoms with E-state index in [0.29, 0.717) is 0 Å². The summed E-state index contributed by atoms with van der Waals surface area (Å²) in [6.07, 6.45) is 7.01. The van der Waals surface area contributed by atoms with Gasteiger partial charge in [0.15, 0.2) is 0 Å². The van der Waals surface area contributed by atoms with Crippen LogP contribution in [0.3, 0.4) is 0 Å². The molecule has 1 aromatic rings. The normalized spacial score (nSPS) is 10.6. The number of imidazole rings is 1. The van der Waals surface area contributed by atoms with Gasteiger partial charge in [0, 0.05) is 24.9 Å². The Kier molecular flexibility index (Phi) is 4.54. The van der Waals surface area contributed by atoms with Crippen molar-refractivity contribution in [1.29, 1.82) is 0 Å². The molecular formula is C10H18N2O. The molecule has 0 unspecified atom stereocenters. The average molecular weight is 182 g/mol. The summed E-state index contributed by atoms with van der Waals surface area (Å²) in [7, 11) is 0. The van der Waals surface area contributed by atoms with Crippen molar-refractivity contribution in [2.45, 2.75) is 39.0 Å². The third kappa shape index (κ3) is 3.59. The lowest BCUT2D eigenvalue weighted by Gasteiger charge is -1.94. The topological polar surface area (TPSA) is 48.9 Å². The molecule has 0 atom stereocenters. The number of nitrogens with zero attached hydrogens (tertiary/aromatic N) is 1. The maximum Gasteiger partial charge on any atom is 0.106 e. The zero-order valence-electron chi connectivity index (χ0n) is 8.21. The van der Waals surface area contributed by atoms with E-state index in [-0.39, 0.29) is 6.61 Å². The smallest absolute Gasteiger partial charge is 0.106 e. The number of aliphatic hydroxyl groups excluding tert-OH is 1. The molecule has 2 N–H and O–H groups in total. The van der Waals surface area contributed by atoms with Gasteiger partial charge >= 0.3 is 0 Å². The van der Waals surface area contributed by atoms with Crippen molar-refractivity contribution in [2.75, 3.05) is 6.61 Å².